The number of thiol groups is 1. The van der Waals surface area contributed by atoms with Crippen LogP contribution >= 0.6 is 12.6 Å². The third-order valence-corrected chi connectivity index (χ3v) is 5.55. The molecule has 0 aromatic rings. The molecule has 0 spiro atoms. The number of imide groups is 1. The van der Waals surface area contributed by atoms with Crippen LogP contribution in [0.2, 0.25) is 0 Å². The third kappa shape index (κ3) is 14.6. The second kappa shape index (κ2) is 20.2. The highest BCUT2D eigenvalue weighted by Gasteiger charge is 2.39. The van der Waals surface area contributed by atoms with Crippen molar-refractivity contribution in [2.45, 2.75) is 76.9 Å². The molecule has 1 fully saturated rings. The Morgan fingerprint density at radius 2 is 1.15 bits per heavy atom. The van der Waals surface area contributed by atoms with Crippen LogP contribution in [0.25, 0.3) is 0 Å². The lowest BCUT2D eigenvalue weighted by atomic mass is 10.1. The van der Waals surface area contributed by atoms with Gasteiger partial charge in [0, 0.05) is 19.4 Å². The molecular formula is C23H41NO8S. The van der Waals surface area contributed by atoms with Crippen molar-refractivity contribution in [2.24, 2.45) is 0 Å². The van der Waals surface area contributed by atoms with Crippen molar-refractivity contribution >= 4 is 30.4 Å². The van der Waals surface area contributed by atoms with Gasteiger partial charge < -0.3 is 24.1 Å². The van der Waals surface area contributed by atoms with Crippen LogP contribution in [0.5, 0.6) is 0 Å². The number of carboxylic acids is 1. The zero-order valence-electron chi connectivity index (χ0n) is 19.7. The van der Waals surface area contributed by atoms with Crippen LogP contribution in [0.15, 0.2) is 0 Å². The number of hydrogen-bond donors (Lipinski definition) is 2. The molecule has 1 aliphatic heterocycles. The molecule has 2 amide bonds. The molecule has 0 aromatic heterocycles. The maximum Gasteiger partial charge on any atom is 0.354 e. The van der Waals surface area contributed by atoms with Gasteiger partial charge in [0.05, 0.1) is 39.6 Å². The van der Waals surface area contributed by atoms with Crippen LogP contribution in [0.3, 0.4) is 0 Å². The normalized spacial score (nSPS) is 14.9. The highest BCUT2D eigenvalue weighted by atomic mass is 32.1. The standard InChI is InChI=1S/C23H41NO8S/c25-20-10-11-21(26)24(20)22(23(27)28)32-18-17-31-16-15-30-14-13-29-12-8-6-4-2-1-3-5-7-9-19-33/h22,33H,1-19H2,(H,27,28). The van der Waals surface area contributed by atoms with Crippen molar-refractivity contribution in [3.05, 3.63) is 0 Å². The monoisotopic (exact) mass is 491 g/mol. The van der Waals surface area contributed by atoms with Gasteiger partial charge in [0.15, 0.2) is 0 Å². The maximum absolute atomic E-state index is 11.6. The maximum atomic E-state index is 11.6. The van der Waals surface area contributed by atoms with E-state index in [-0.39, 0.29) is 26.1 Å². The number of carboxylic acid groups (broad SMARTS) is 1. The molecule has 192 valence electrons. The number of ether oxygens (including phenoxy) is 4. The number of rotatable bonds is 23. The number of carbonyl (C=O) groups is 3. The summed E-state index contributed by atoms with van der Waals surface area (Å²) in [5.41, 5.74) is 0. The van der Waals surface area contributed by atoms with Gasteiger partial charge in [-0.05, 0) is 18.6 Å². The third-order valence-electron chi connectivity index (χ3n) is 5.23. The van der Waals surface area contributed by atoms with Gasteiger partial charge in [-0.15, -0.1) is 0 Å². The number of unbranched alkanes of at least 4 members (excludes halogenated alkanes) is 8. The average molecular weight is 492 g/mol. The first kappa shape index (κ1) is 29.8. The Balaban J connectivity index is 1.84. The minimum absolute atomic E-state index is 0.0148. The van der Waals surface area contributed by atoms with E-state index in [9.17, 15) is 19.5 Å². The smallest absolute Gasteiger partial charge is 0.354 e. The fourth-order valence-corrected chi connectivity index (χ4v) is 3.65. The zero-order valence-corrected chi connectivity index (χ0v) is 20.6. The molecule has 33 heavy (non-hydrogen) atoms. The molecule has 1 N–H and O–H groups in total. The van der Waals surface area contributed by atoms with E-state index < -0.39 is 24.0 Å². The molecule has 1 rings (SSSR count). The van der Waals surface area contributed by atoms with Crippen LogP contribution in [0.1, 0.15) is 70.6 Å². The molecule has 0 aliphatic carbocycles. The second-order valence-corrected chi connectivity index (χ2v) is 8.41. The van der Waals surface area contributed by atoms with Gasteiger partial charge in [0.2, 0.25) is 18.0 Å². The molecule has 10 heteroatoms. The topological polar surface area (TPSA) is 112 Å². The largest absolute Gasteiger partial charge is 0.478 e. The van der Waals surface area contributed by atoms with Crippen LogP contribution < -0.4 is 0 Å². The summed E-state index contributed by atoms with van der Waals surface area (Å²) < 4.78 is 21.5. The Kier molecular flexibility index (Phi) is 18.3. The lowest BCUT2D eigenvalue weighted by Crippen LogP contribution is -2.46. The summed E-state index contributed by atoms with van der Waals surface area (Å²) in [5, 5.41) is 9.18. The molecule has 0 radical (unpaired) electrons. The van der Waals surface area contributed by atoms with E-state index in [1.807, 2.05) is 0 Å². The predicted molar refractivity (Wildman–Crippen MR) is 126 cm³/mol. The van der Waals surface area contributed by atoms with E-state index in [1.165, 1.54) is 51.4 Å². The quantitative estimate of drug-likeness (QED) is 0.127. The number of amides is 2. The van der Waals surface area contributed by atoms with Gasteiger partial charge >= 0.3 is 5.97 Å². The van der Waals surface area contributed by atoms with Gasteiger partial charge in [-0.25, -0.2) is 9.69 Å². The number of nitrogens with zero attached hydrogens (tertiary/aromatic N) is 1. The number of hydrogen-bond acceptors (Lipinski definition) is 8. The zero-order chi connectivity index (χ0) is 24.2. The summed E-state index contributed by atoms with van der Waals surface area (Å²) in [5.74, 6) is -1.44. The van der Waals surface area contributed by atoms with Crippen molar-refractivity contribution in [3.8, 4) is 0 Å². The number of carbonyl (C=O) groups excluding carboxylic acids is 2. The summed E-state index contributed by atoms with van der Waals surface area (Å²) in [6, 6.07) is 0. The Bertz CT molecular complexity index is 533. The molecule has 1 heterocycles. The van der Waals surface area contributed by atoms with Crippen LogP contribution in [0.4, 0.5) is 0 Å². The molecule has 9 nitrogen and oxygen atoms in total. The van der Waals surface area contributed by atoms with E-state index in [0.29, 0.717) is 31.3 Å². The Morgan fingerprint density at radius 3 is 1.64 bits per heavy atom. The molecule has 0 aromatic carbocycles. The lowest BCUT2D eigenvalue weighted by Gasteiger charge is -2.22. The van der Waals surface area contributed by atoms with Crippen LogP contribution in [0, 0.1) is 0 Å². The van der Waals surface area contributed by atoms with E-state index >= 15 is 0 Å². The van der Waals surface area contributed by atoms with E-state index in [2.05, 4.69) is 12.6 Å². The predicted octanol–water partition coefficient (Wildman–Crippen LogP) is 3.05. The summed E-state index contributed by atoms with van der Waals surface area (Å²) in [4.78, 5) is 35.2. The van der Waals surface area contributed by atoms with Crippen molar-refractivity contribution in [1.29, 1.82) is 0 Å². The second-order valence-electron chi connectivity index (χ2n) is 7.96. The van der Waals surface area contributed by atoms with E-state index in [1.54, 1.807) is 0 Å². The summed E-state index contributed by atoms with van der Waals surface area (Å²) >= 11 is 4.22. The highest BCUT2D eigenvalue weighted by molar-refractivity contribution is 7.80. The first-order valence-electron chi connectivity index (χ1n) is 12.1. The van der Waals surface area contributed by atoms with Gasteiger partial charge in [-0.2, -0.15) is 12.6 Å². The van der Waals surface area contributed by atoms with Crippen LogP contribution in [-0.4, -0.2) is 86.0 Å². The molecule has 1 saturated heterocycles. The van der Waals surface area contributed by atoms with E-state index in [0.717, 1.165) is 18.8 Å². The van der Waals surface area contributed by atoms with Crippen LogP contribution in [-0.2, 0) is 33.3 Å². The highest BCUT2D eigenvalue weighted by Crippen LogP contribution is 2.16. The summed E-state index contributed by atoms with van der Waals surface area (Å²) in [6.07, 6.45) is 9.81. The summed E-state index contributed by atoms with van der Waals surface area (Å²) in [7, 11) is 0. The molecular weight excluding hydrogens is 450 g/mol. The first-order valence-corrected chi connectivity index (χ1v) is 12.7. The van der Waals surface area contributed by atoms with E-state index in [4.69, 9.17) is 18.9 Å². The number of likely N-dealkylation sites (tertiary alicyclic amines) is 1. The fraction of sp³-hybridized carbons (Fsp3) is 0.870. The first-order chi connectivity index (χ1) is 16.1. The lowest BCUT2D eigenvalue weighted by molar-refractivity contribution is -0.176. The molecule has 1 atom stereocenters. The SMILES string of the molecule is O=C(O)C(OCCOCCOCCOCCCCCCCCCCCS)N1C(=O)CCC1=O. The summed E-state index contributed by atoms with van der Waals surface area (Å²) in [6.45, 7) is 2.60. The van der Waals surface area contributed by atoms with Gasteiger partial charge in [-0.1, -0.05) is 44.9 Å². The Morgan fingerprint density at radius 1 is 0.727 bits per heavy atom. The van der Waals surface area contributed by atoms with Gasteiger partial charge in [0.1, 0.15) is 0 Å². The molecule has 0 bridgehead atoms. The Hall–Kier alpha value is -1.20. The average Bonchev–Trinajstić information content (AvgIpc) is 3.12. The molecule has 0 saturated carbocycles. The molecule has 1 aliphatic rings. The fourth-order valence-electron chi connectivity index (χ4n) is 3.43. The van der Waals surface area contributed by atoms with Crippen molar-refractivity contribution in [3.63, 3.8) is 0 Å². The Labute approximate surface area is 202 Å². The van der Waals surface area contributed by atoms with Gasteiger partial charge in [-0.3, -0.25) is 9.59 Å². The minimum atomic E-state index is -1.60. The number of aliphatic carboxylic acids is 1. The minimum Gasteiger partial charge on any atom is -0.478 e. The van der Waals surface area contributed by atoms with Crippen molar-refractivity contribution in [1.82, 2.24) is 4.90 Å². The molecule has 1 unspecified atom stereocenters. The van der Waals surface area contributed by atoms with Gasteiger partial charge in [0.25, 0.3) is 0 Å². The van der Waals surface area contributed by atoms with Crippen molar-refractivity contribution < 1.29 is 38.4 Å². The van der Waals surface area contributed by atoms with Crippen molar-refractivity contribution in [2.75, 3.05) is 52.0 Å².